The molecule has 2 fully saturated rings. The second-order valence-electron chi connectivity index (χ2n) is 8.50. The van der Waals surface area contributed by atoms with Crippen LogP contribution in [0.3, 0.4) is 0 Å². The number of amides is 3. The molecule has 7 nitrogen and oxygen atoms in total. The van der Waals surface area contributed by atoms with Crippen LogP contribution in [0.2, 0.25) is 0 Å². The molecule has 0 spiro atoms. The Morgan fingerprint density at radius 1 is 1.14 bits per heavy atom. The summed E-state index contributed by atoms with van der Waals surface area (Å²) in [5.74, 6) is 1.03. The first kappa shape index (κ1) is 18.8. The van der Waals surface area contributed by atoms with E-state index in [0.29, 0.717) is 12.5 Å². The summed E-state index contributed by atoms with van der Waals surface area (Å²) in [6, 6.07) is 4.13. The molecular formula is C21H24BrN5O2. The number of hydrogen-bond acceptors (Lipinski definition) is 4. The van der Waals surface area contributed by atoms with Gasteiger partial charge in [-0.3, -0.25) is 9.69 Å². The van der Waals surface area contributed by atoms with Crippen LogP contribution in [-0.2, 0) is 11.3 Å². The smallest absolute Gasteiger partial charge is 0.315 e. The Kier molecular flexibility index (Phi) is 4.69. The average Bonchev–Trinajstić information content (AvgIpc) is 3.40. The van der Waals surface area contributed by atoms with Gasteiger partial charge < -0.3 is 4.90 Å². The number of hydrogen-bond donors (Lipinski definition) is 0. The Hall–Kier alpha value is -2.22. The van der Waals surface area contributed by atoms with Crippen molar-refractivity contribution in [1.82, 2.24) is 24.8 Å². The fourth-order valence-corrected chi connectivity index (χ4v) is 5.01. The number of allylic oxidation sites excluding steroid dienone is 2. The second kappa shape index (κ2) is 7.23. The van der Waals surface area contributed by atoms with Crippen LogP contribution < -0.4 is 0 Å². The molecule has 1 atom stereocenters. The lowest BCUT2D eigenvalue weighted by atomic mass is 9.86. The lowest BCUT2D eigenvalue weighted by Crippen LogP contribution is -2.34. The molecule has 1 aromatic carbocycles. The SMILES string of the molecule is CN1C(=O)CN(CC2CC=C(c3ccc4c(nnn4CC4CC4)c3Br)CC2)C1=O. The number of aromatic nitrogens is 3. The minimum Gasteiger partial charge on any atom is -0.315 e. The Morgan fingerprint density at radius 2 is 1.97 bits per heavy atom. The van der Waals surface area contributed by atoms with Crippen LogP contribution in [0, 0.1) is 11.8 Å². The van der Waals surface area contributed by atoms with Crippen molar-refractivity contribution in [2.75, 3.05) is 20.1 Å². The number of imide groups is 1. The fraction of sp³-hybridized carbons (Fsp3) is 0.524. The first-order chi connectivity index (χ1) is 14.0. The van der Waals surface area contributed by atoms with E-state index in [9.17, 15) is 9.59 Å². The van der Waals surface area contributed by atoms with Crippen LogP contribution in [0.25, 0.3) is 16.6 Å². The summed E-state index contributed by atoms with van der Waals surface area (Å²) in [6.45, 7) is 1.81. The first-order valence-electron chi connectivity index (χ1n) is 10.3. The molecule has 3 aliphatic rings. The van der Waals surface area contributed by atoms with Gasteiger partial charge in [0.15, 0.2) is 0 Å². The molecule has 0 radical (unpaired) electrons. The Labute approximate surface area is 177 Å². The van der Waals surface area contributed by atoms with E-state index in [1.807, 2.05) is 4.68 Å². The summed E-state index contributed by atoms with van der Waals surface area (Å²) in [6.07, 6.45) is 7.74. The standard InChI is InChI=1S/C21H24BrN5O2/c1-25-18(28)12-26(21(25)29)10-13-4-6-15(7-5-13)16-8-9-17-20(19(16)22)23-24-27(17)11-14-2-3-14/h6,8-9,13-14H,2-5,7,10-12H2,1H3. The number of likely N-dealkylation sites (N-methyl/N-ethyl adjacent to an activating group) is 1. The number of fused-ring (bicyclic) bond motifs is 1. The molecule has 5 rings (SSSR count). The minimum absolute atomic E-state index is 0.117. The quantitative estimate of drug-likeness (QED) is 0.641. The molecule has 29 heavy (non-hydrogen) atoms. The molecule has 0 N–H and O–H groups in total. The number of carbonyl (C=O) groups excluding carboxylic acids is 2. The van der Waals surface area contributed by atoms with Gasteiger partial charge >= 0.3 is 6.03 Å². The van der Waals surface area contributed by atoms with Gasteiger partial charge in [-0.2, -0.15) is 0 Å². The van der Waals surface area contributed by atoms with Gasteiger partial charge in [0, 0.05) is 20.1 Å². The molecule has 1 unspecified atom stereocenters. The maximum absolute atomic E-state index is 12.1. The number of rotatable bonds is 5. The van der Waals surface area contributed by atoms with Gasteiger partial charge in [0.25, 0.3) is 0 Å². The highest BCUT2D eigenvalue weighted by Gasteiger charge is 2.34. The molecule has 1 aliphatic heterocycles. The van der Waals surface area contributed by atoms with E-state index >= 15 is 0 Å². The Morgan fingerprint density at radius 3 is 2.62 bits per heavy atom. The van der Waals surface area contributed by atoms with Crippen molar-refractivity contribution < 1.29 is 9.59 Å². The summed E-state index contributed by atoms with van der Waals surface area (Å²) in [5.41, 5.74) is 4.51. The largest absolute Gasteiger partial charge is 0.326 e. The summed E-state index contributed by atoms with van der Waals surface area (Å²) < 4.78 is 3.04. The molecular weight excluding hydrogens is 434 g/mol. The lowest BCUT2D eigenvalue weighted by Gasteiger charge is -2.26. The zero-order valence-electron chi connectivity index (χ0n) is 16.5. The average molecular weight is 458 g/mol. The molecule has 2 heterocycles. The minimum atomic E-state index is -0.174. The van der Waals surface area contributed by atoms with Gasteiger partial charge in [0.05, 0.1) is 9.99 Å². The molecule has 2 aliphatic carbocycles. The van der Waals surface area contributed by atoms with Gasteiger partial charge in [-0.1, -0.05) is 17.4 Å². The van der Waals surface area contributed by atoms with Crippen molar-refractivity contribution in [3.8, 4) is 0 Å². The molecule has 0 bridgehead atoms. The predicted molar refractivity (Wildman–Crippen MR) is 113 cm³/mol. The summed E-state index contributed by atoms with van der Waals surface area (Å²) in [7, 11) is 1.55. The highest BCUT2D eigenvalue weighted by atomic mass is 79.9. The van der Waals surface area contributed by atoms with Gasteiger partial charge in [-0.15, -0.1) is 5.10 Å². The van der Waals surface area contributed by atoms with E-state index in [-0.39, 0.29) is 18.5 Å². The van der Waals surface area contributed by atoms with E-state index in [1.54, 1.807) is 11.9 Å². The zero-order valence-corrected chi connectivity index (χ0v) is 18.1. The van der Waals surface area contributed by atoms with Crippen LogP contribution >= 0.6 is 15.9 Å². The van der Waals surface area contributed by atoms with Crippen LogP contribution in [0.15, 0.2) is 22.7 Å². The highest BCUT2D eigenvalue weighted by Crippen LogP contribution is 2.38. The number of halogens is 1. The number of benzene rings is 1. The number of urea groups is 1. The van der Waals surface area contributed by atoms with Crippen molar-refractivity contribution >= 4 is 44.5 Å². The molecule has 152 valence electrons. The van der Waals surface area contributed by atoms with Crippen molar-refractivity contribution in [3.63, 3.8) is 0 Å². The topological polar surface area (TPSA) is 71.3 Å². The van der Waals surface area contributed by atoms with Crippen molar-refractivity contribution in [3.05, 3.63) is 28.2 Å². The number of nitrogens with zero attached hydrogens (tertiary/aromatic N) is 5. The second-order valence-corrected chi connectivity index (χ2v) is 9.29. The third-order valence-electron chi connectivity index (χ3n) is 6.36. The van der Waals surface area contributed by atoms with Crippen molar-refractivity contribution in [2.24, 2.45) is 11.8 Å². The predicted octanol–water partition coefficient (Wildman–Crippen LogP) is 3.68. The Balaban J connectivity index is 1.30. The first-order valence-corrected chi connectivity index (χ1v) is 11.1. The van der Waals surface area contributed by atoms with E-state index < -0.39 is 0 Å². The van der Waals surface area contributed by atoms with Crippen LogP contribution in [-0.4, -0.2) is 56.9 Å². The van der Waals surface area contributed by atoms with E-state index in [4.69, 9.17) is 0 Å². The van der Waals surface area contributed by atoms with Crippen molar-refractivity contribution in [2.45, 2.75) is 38.6 Å². The molecule has 2 aromatic rings. The van der Waals surface area contributed by atoms with E-state index in [1.165, 1.54) is 28.9 Å². The Bertz CT molecular complexity index is 1030. The molecule has 1 aromatic heterocycles. The lowest BCUT2D eigenvalue weighted by molar-refractivity contribution is -0.124. The maximum atomic E-state index is 12.1. The van der Waals surface area contributed by atoms with Crippen LogP contribution in [0.4, 0.5) is 4.79 Å². The molecule has 3 amide bonds. The maximum Gasteiger partial charge on any atom is 0.326 e. The van der Waals surface area contributed by atoms with Gasteiger partial charge in [0.1, 0.15) is 12.1 Å². The summed E-state index contributed by atoms with van der Waals surface area (Å²) in [5, 5.41) is 8.78. The summed E-state index contributed by atoms with van der Waals surface area (Å²) in [4.78, 5) is 26.7. The van der Waals surface area contributed by atoms with Crippen LogP contribution in [0.5, 0.6) is 0 Å². The number of carbonyl (C=O) groups is 2. The third kappa shape index (κ3) is 3.47. The van der Waals surface area contributed by atoms with E-state index in [2.05, 4.69) is 44.5 Å². The molecule has 1 saturated carbocycles. The van der Waals surface area contributed by atoms with Gasteiger partial charge in [-0.05, 0) is 77.1 Å². The molecule has 8 heteroatoms. The molecule has 1 saturated heterocycles. The van der Waals surface area contributed by atoms with Gasteiger partial charge in [0.2, 0.25) is 5.91 Å². The van der Waals surface area contributed by atoms with Crippen molar-refractivity contribution in [1.29, 1.82) is 0 Å². The highest BCUT2D eigenvalue weighted by molar-refractivity contribution is 9.10. The van der Waals surface area contributed by atoms with E-state index in [0.717, 1.165) is 47.2 Å². The monoisotopic (exact) mass is 457 g/mol. The zero-order chi connectivity index (χ0) is 20.1. The summed E-state index contributed by atoms with van der Waals surface area (Å²) >= 11 is 3.77. The van der Waals surface area contributed by atoms with Crippen LogP contribution in [0.1, 0.15) is 37.7 Å². The fourth-order valence-electron chi connectivity index (χ4n) is 4.34. The van der Waals surface area contributed by atoms with Gasteiger partial charge in [-0.25, -0.2) is 9.48 Å². The third-order valence-corrected chi connectivity index (χ3v) is 7.16. The normalized spacial score (nSPS) is 22.7.